The van der Waals surface area contributed by atoms with E-state index >= 15 is 0 Å². The lowest BCUT2D eigenvalue weighted by Crippen LogP contribution is -2.43. The summed E-state index contributed by atoms with van der Waals surface area (Å²) in [7, 11) is 0. The number of nitrogens with zero attached hydrogens (tertiary/aromatic N) is 1. The molecular weight excluding hydrogens is 438 g/mol. The molecule has 0 unspecified atom stereocenters. The highest BCUT2D eigenvalue weighted by Gasteiger charge is 2.21. The predicted molar refractivity (Wildman–Crippen MR) is 121 cm³/mol. The average Bonchev–Trinajstić information content (AvgIpc) is 2.69. The zero-order chi connectivity index (χ0) is 23.8. The van der Waals surface area contributed by atoms with E-state index in [0.29, 0.717) is 11.3 Å². The highest BCUT2D eigenvalue weighted by atomic mass is 35.5. The molecule has 0 bridgehead atoms. The summed E-state index contributed by atoms with van der Waals surface area (Å²) >= 11 is 6.02. The van der Waals surface area contributed by atoms with Crippen molar-refractivity contribution in [2.45, 2.75) is 32.4 Å². The van der Waals surface area contributed by atoms with Gasteiger partial charge in [-0.25, -0.2) is 14.6 Å². The van der Waals surface area contributed by atoms with E-state index in [-0.39, 0.29) is 34.8 Å². The zero-order valence-corrected chi connectivity index (χ0v) is 18.2. The Morgan fingerprint density at radius 1 is 1.12 bits per heavy atom. The Balaban J connectivity index is 2.06. The number of rotatable bonds is 8. The Labute approximate surface area is 189 Å². The molecule has 2 aromatic rings. The van der Waals surface area contributed by atoms with Crippen molar-refractivity contribution in [2.75, 3.05) is 5.32 Å². The van der Waals surface area contributed by atoms with Crippen molar-refractivity contribution in [3.05, 3.63) is 58.6 Å². The maximum Gasteiger partial charge on any atom is 0.408 e. The molecule has 0 fully saturated rings. The number of amides is 2. The lowest BCUT2D eigenvalue weighted by molar-refractivity contribution is -0.139. The van der Waals surface area contributed by atoms with Crippen molar-refractivity contribution in [1.82, 2.24) is 5.32 Å². The van der Waals surface area contributed by atoms with E-state index in [1.807, 2.05) is 0 Å². The number of aliphatic imine (C=N–C) groups is 1. The molecule has 2 rings (SSSR count). The summed E-state index contributed by atoms with van der Waals surface area (Å²) in [5, 5.41) is 14.7. The standard InChI is InChI=1S/C21H24ClN5O5/c1-11(2)32-21(31)27-17(19(29)30)9-12-3-6-14(7-4-12)25-18(28)13-5-8-15(22)16(10-13)26-20(23)24/h3-8,10-11,17H,9H2,1-2H3,(H,25,28)(H,27,31)(H,29,30)(H4,23,24,26)/t17-/m0/s1. The molecule has 2 amide bonds. The van der Waals surface area contributed by atoms with Gasteiger partial charge in [-0.3, -0.25) is 4.79 Å². The van der Waals surface area contributed by atoms with Crippen LogP contribution in [-0.4, -0.2) is 41.2 Å². The van der Waals surface area contributed by atoms with E-state index in [2.05, 4.69) is 15.6 Å². The number of nitrogens with one attached hydrogen (secondary N) is 2. The van der Waals surface area contributed by atoms with Crippen LogP contribution in [0.5, 0.6) is 0 Å². The fourth-order valence-electron chi connectivity index (χ4n) is 2.63. The molecule has 170 valence electrons. The van der Waals surface area contributed by atoms with Crippen LogP contribution in [0.4, 0.5) is 16.2 Å². The number of hydrogen-bond donors (Lipinski definition) is 5. The minimum atomic E-state index is -1.19. The molecule has 7 N–H and O–H groups in total. The van der Waals surface area contributed by atoms with E-state index in [0.717, 1.165) is 0 Å². The molecule has 32 heavy (non-hydrogen) atoms. The van der Waals surface area contributed by atoms with Crippen molar-refractivity contribution < 1.29 is 24.2 Å². The molecule has 0 saturated heterocycles. The fourth-order valence-corrected chi connectivity index (χ4v) is 2.79. The molecule has 2 aromatic carbocycles. The third kappa shape index (κ3) is 7.47. The normalized spacial score (nSPS) is 11.4. The number of aliphatic carboxylic acids is 1. The molecule has 0 aliphatic rings. The van der Waals surface area contributed by atoms with Gasteiger partial charge in [0.05, 0.1) is 16.8 Å². The van der Waals surface area contributed by atoms with Gasteiger partial charge in [0.1, 0.15) is 6.04 Å². The van der Waals surface area contributed by atoms with E-state index in [9.17, 15) is 19.5 Å². The second-order valence-corrected chi connectivity index (χ2v) is 7.45. The van der Waals surface area contributed by atoms with Gasteiger partial charge in [0.2, 0.25) is 0 Å². The van der Waals surface area contributed by atoms with Crippen LogP contribution in [0.25, 0.3) is 0 Å². The molecular formula is C21H24ClN5O5. The van der Waals surface area contributed by atoms with Gasteiger partial charge in [0, 0.05) is 17.7 Å². The van der Waals surface area contributed by atoms with Crippen molar-refractivity contribution >= 4 is 46.9 Å². The number of alkyl carbamates (subject to hydrolysis) is 1. The Morgan fingerprint density at radius 3 is 2.34 bits per heavy atom. The lowest BCUT2D eigenvalue weighted by atomic mass is 10.1. The Hall–Kier alpha value is -3.79. The highest BCUT2D eigenvalue weighted by molar-refractivity contribution is 6.33. The largest absolute Gasteiger partial charge is 0.480 e. The average molecular weight is 462 g/mol. The second kappa shape index (κ2) is 11.0. The first-order valence-electron chi connectivity index (χ1n) is 9.54. The topological polar surface area (TPSA) is 169 Å². The van der Waals surface area contributed by atoms with Crippen LogP contribution in [0, 0.1) is 0 Å². The molecule has 0 radical (unpaired) electrons. The summed E-state index contributed by atoms with van der Waals surface area (Å²) < 4.78 is 4.92. The number of guanidine groups is 1. The van der Waals surface area contributed by atoms with Crippen LogP contribution in [0.2, 0.25) is 5.02 Å². The first-order chi connectivity index (χ1) is 15.0. The van der Waals surface area contributed by atoms with Gasteiger partial charge in [0.15, 0.2) is 5.96 Å². The third-order valence-corrected chi connectivity index (χ3v) is 4.36. The Bertz CT molecular complexity index is 1020. The molecule has 10 nitrogen and oxygen atoms in total. The Morgan fingerprint density at radius 2 is 1.78 bits per heavy atom. The first kappa shape index (κ1) is 24.5. The van der Waals surface area contributed by atoms with E-state index in [1.165, 1.54) is 18.2 Å². The molecule has 0 aliphatic heterocycles. The van der Waals surface area contributed by atoms with Gasteiger partial charge >= 0.3 is 12.1 Å². The smallest absolute Gasteiger partial charge is 0.408 e. The fraction of sp³-hybridized carbons (Fsp3) is 0.238. The van der Waals surface area contributed by atoms with Crippen molar-refractivity contribution in [2.24, 2.45) is 16.5 Å². The number of carboxylic acids is 1. The van der Waals surface area contributed by atoms with Crippen LogP contribution in [0.15, 0.2) is 47.5 Å². The second-order valence-electron chi connectivity index (χ2n) is 7.05. The number of ether oxygens (including phenoxy) is 1. The lowest BCUT2D eigenvalue weighted by Gasteiger charge is -2.16. The van der Waals surface area contributed by atoms with E-state index in [4.69, 9.17) is 27.8 Å². The molecule has 0 aliphatic carbocycles. The van der Waals surface area contributed by atoms with Crippen molar-refractivity contribution in [3.8, 4) is 0 Å². The van der Waals surface area contributed by atoms with Crippen LogP contribution in [0.1, 0.15) is 29.8 Å². The summed E-state index contributed by atoms with van der Waals surface area (Å²) in [5.41, 5.74) is 12.4. The number of halogens is 1. The molecule has 0 heterocycles. The van der Waals surface area contributed by atoms with Gasteiger partial charge in [-0.05, 0) is 49.7 Å². The number of carbonyl (C=O) groups excluding carboxylic acids is 2. The SMILES string of the molecule is CC(C)OC(=O)N[C@@H](Cc1ccc(NC(=O)c2ccc(Cl)c(N=C(N)N)c2)cc1)C(=O)O. The zero-order valence-electron chi connectivity index (χ0n) is 17.5. The van der Waals surface area contributed by atoms with Crippen molar-refractivity contribution in [3.63, 3.8) is 0 Å². The van der Waals surface area contributed by atoms with Gasteiger partial charge in [-0.15, -0.1) is 0 Å². The van der Waals surface area contributed by atoms with Crippen molar-refractivity contribution in [1.29, 1.82) is 0 Å². The van der Waals surface area contributed by atoms with Gasteiger partial charge in [-0.2, -0.15) is 0 Å². The maximum atomic E-state index is 12.5. The first-order valence-corrected chi connectivity index (χ1v) is 9.92. The van der Waals surface area contributed by atoms with Crippen LogP contribution >= 0.6 is 11.6 Å². The number of carboxylic acid groups (broad SMARTS) is 1. The van der Waals surface area contributed by atoms with Gasteiger partial charge < -0.3 is 31.9 Å². The molecule has 0 saturated carbocycles. The summed E-state index contributed by atoms with van der Waals surface area (Å²) in [6, 6.07) is 9.84. The number of carbonyl (C=O) groups is 3. The van der Waals surface area contributed by atoms with Gasteiger partial charge in [-0.1, -0.05) is 23.7 Å². The summed E-state index contributed by atoms with van der Waals surface area (Å²) in [5.74, 6) is -1.79. The number of hydrogen-bond acceptors (Lipinski definition) is 5. The minimum absolute atomic E-state index is 0.0375. The number of benzene rings is 2. The monoisotopic (exact) mass is 461 g/mol. The third-order valence-electron chi connectivity index (χ3n) is 4.04. The molecule has 11 heteroatoms. The molecule has 1 atom stereocenters. The predicted octanol–water partition coefficient (Wildman–Crippen LogP) is 2.63. The van der Waals surface area contributed by atoms with E-state index in [1.54, 1.807) is 38.1 Å². The van der Waals surface area contributed by atoms with E-state index < -0.39 is 24.0 Å². The number of anilines is 1. The van der Waals surface area contributed by atoms with Crippen LogP contribution < -0.4 is 22.1 Å². The number of nitrogens with two attached hydrogens (primary N) is 2. The summed E-state index contributed by atoms with van der Waals surface area (Å²) in [4.78, 5) is 39.5. The minimum Gasteiger partial charge on any atom is -0.480 e. The Kier molecular flexibility index (Phi) is 8.42. The summed E-state index contributed by atoms with van der Waals surface area (Å²) in [6.07, 6.45) is -1.14. The molecule has 0 aromatic heterocycles. The highest BCUT2D eigenvalue weighted by Crippen LogP contribution is 2.26. The molecule has 0 spiro atoms. The summed E-state index contributed by atoms with van der Waals surface area (Å²) in [6.45, 7) is 3.32. The quantitative estimate of drug-likeness (QED) is 0.297. The van der Waals surface area contributed by atoms with Crippen LogP contribution in [-0.2, 0) is 16.0 Å². The van der Waals surface area contributed by atoms with Gasteiger partial charge in [0.25, 0.3) is 5.91 Å². The van der Waals surface area contributed by atoms with Crippen LogP contribution in [0.3, 0.4) is 0 Å². The maximum absolute atomic E-state index is 12.5.